The van der Waals surface area contributed by atoms with E-state index in [4.69, 9.17) is 16.6 Å². The maximum Gasteiger partial charge on any atom is 0.251 e. The molecule has 0 radical (unpaired) electrons. The number of fused-ring (bicyclic) bond motifs is 1. The van der Waals surface area contributed by atoms with E-state index >= 15 is 0 Å². The highest BCUT2D eigenvalue weighted by Crippen LogP contribution is 2.28. The molecule has 2 heterocycles. The quantitative estimate of drug-likeness (QED) is 0.635. The third kappa shape index (κ3) is 4.33. The zero-order valence-corrected chi connectivity index (χ0v) is 18.3. The van der Waals surface area contributed by atoms with E-state index in [-0.39, 0.29) is 5.91 Å². The molecule has 0 bridgehead atoms. The van der Waals surface area contributed by atoms with Gasteiger partial charge in [0.25, 0.3) is 5.91 Å². The molecule has 5 rings (SSSR count). The third-order valence-electron chi connectivity index (χ3n) is 6.47. The Morgan fingerprint density at radius 3 is 2.39 bits per heavy atom. The molecule has 1 aromatic heterocycles. The lowest BCUT2D eigenvalue weighted by Crippen LogP contribution is -2.46. The fourth-order valence-electron chi connectivity index (χ4n) is 4.71. The van der Waals surface area contributed by atoms with E-state index in [1.165, 1.54) is 18.5 Å². The fraction of sp³-hybridized carbons (Fsp3) is 0.360. The van der Waals surface area contributed by atoms with E-state index < -0.39 is 0 Å². The van der Waals surface area contributed by atoms with Gasteiger partial charge in [-0.25, -0.2) is 4.98 Å². The van der Waals surface area contributed by atoms with Crippen molar-refractivity contribution in [2.45, 2.75) is 31.7 Å². The molecule has 31 heavy (non-hydrogen) atoms. The predicted molar refractivity (Wildman–Crippen MR) is 127 cm³/mol. The zero-order valence-electron chi connectivity index (χ0n) is 17.6. The molecule has 2 fully saturated rings. The number of hydrogen-bond donors (Lipinski definition) is 1. The number of nitrogens with one attached hydrogen (secondary N) is 1. The molecule has 1 saturated heterocycles. The largest absolute Gasteiger partial charge is 0.368 e. The predicted octanol–water partition coefficient (Wildman–Crippen LogP) is 4.89. The van der Waals surface area contributed by atoms with Crippen LogP contribution in [0.15, 0.2) is 54.7 Å². The number of carbonyl (C=O) groups is 1. The van der Waals surface area contributed by atoms with Crippen molar-refractivity contribution in [3.05, 3.63) is 65.3 Å². The van der Waals surface area contributed by atoms with Crippen LogP contribution in [0, 0.1) is 0 Å². The van der Waals surface area contributed by atoms with E-state index in [1.807, 2.05) is 42.6 Å². The number of carbonyl (C=O) groups excluding carboxylic acids is 1. The normalized spacial score (nSPS) is 17.3. The average molecular weight is 435 g/mol. The van der Waals surface area contributed by atoms with Gasteiger partial charge in [0, 0.05) is 60.1 Å². The number of aromatic nitrogens is 1. The smallest absolute Gasteiger partial charge is 0.251 e. The summed E-state index contributed by atoms with van der Waals surface area (Å²) in [6.45, 7) is 3.60. The minimum atomic E-state index is 0.0242. The SMILES string of the molecule is O=C(NC1CCCC1)c1ccc2ccnc(N3CCN(c4ccc(Cl)cc4)CC3)c2c1. The van der Waals surface area contributed by atoms with Crippen LogP contribution in [0.4, 0.5) is 11.5 Å². The molecule has 3 aromatic rings. The first-order chi connectivity index (χ1) is 15.2. The van der Waals surface area contributed by atoms with Crippen molar-refractivity contribution >= 4 is 39.8 Å². The first-order valence-corrected chi connectivity index (χ1v) is 11.5. The number of piperazine rings is 1. The maximum atomic E-state index is 12.8. The number of halogens is 1. The van der Waals surface area contributed by atoms with Crippen molar-refractivity contribution < 1.29 is 4.79 Å². The van der Waals surface area contributed by atoms with E-state index in [1.54, 1.807) is 0 Å². The molecule has 5 nitrogen and oxygen atoms in total. The van der Waals surface area contributed by atoms with Gasteiger partial charge in [-0.2, -0.15) is 0 Å². The second-order valence-corrected chi connectivity index (χ2v) is 8.91. The Hall–Kier alpha value is -2.79. The zero-order chi connectivity index (χ0) is 21.2. The number of rotatable bonds is 4. The molecule has 1 saturated carbocycles. The second kappa shape index (κ2) is 8.75. The van der Waals surface area contributed by atoms with Crippen LogP contribution >= 0.6 is 11.6 Å². The van der Waals surface area contributed by atoms with Crippen LogP contribution in [0.25, 0.3) is 10.8 Å². The number of nitrogens with zero attached hydrogens (tertiary/aromatic N) is 3. The minimum absolute atomic E-state index is 0.0242. The monoisotopic (exact) mass is 434 g/mol. The Kier molecular flexibility index (Phi) is 5.68. The Balaban J connectivity index is 1.34. The molecule has 1 amide bonds. The highest BCUT2D eigenvalue weighted by Gasteiger charge is 2.22. The van der Waals surface area contributed by atoms with Gasteiger partial charge in [-0.15, -0.1) is 0 Å². The number of benzene rings is 2. The third-order valence-corrected chi connectivity index (χ3v) is 6.72. The van der Waals surface area contributed by atoms with E-state index in [0.29, 0.717) is 11.6 Å². The average Bonchev–Trinajstić information content (AvgIpc) is 3.32. The second-order valence-electron chi connectivity index (χ2n) is 8.48. The summed E-state index contributed by atoms with van der Waals surface area (Å²) in [6, 6.07) is 16.3. The maximum absolute atomic E-state index is 12.8. The van der Waals surface area contributed by atoms with Crippen molar-refractivity contribution in [3.8, 4) is 0 Å². The number of pyridine rings is 1. The lowest BCUT2D eigenvalue weighted by atomic mass is 10.1. The molecule has 2 aliphatic rings. The number of anilines is 2. The van der Waals surface area contributed by atoms with E-state index in [0.717, 1.165) is 60.6 Å². The van der Waals surface area contributed by atoms with Gasteiger partial charge in [0.1, 0.15) is 5.82 Å². The van der Waals surface area contributed by atoms with Crippen molar-refractivity contribution in [1.82, 2.24) is 10.3 Å². The molecule has 0 atom stereocenters. The molecule has 6 heteroatoms. The van der Waals surface area contributed by atoms with Gasteiger partial charge in [0.05, 0.1) is 0 Å². The van der Waals surface area contributed by atoms with Crippen LogP contribution in [-0.4, -0.2) is 43.1 Å². The van der Waals surface area contributed by atoms with Crippen LogP contribution in [0.1, 0.15) is 36.0 Å². The molecule has 160 valence electrons. The highest BCUT2D eigenvalue weighted by molar-refractivity contribution is 6.30. The van der Waals surface area contributed by atoms with Gasteiger partial charge in [-0.3, -0.25) is 4.79 Å². The van der Waals surface area contributed by atoms with Crippen molar-refractivity contribution in [1.29, 1.82) is 0 Å². The molecule has 0 unspecified atom stereocenters. The first-order valence-electron chi connectivity index (χ1n) is 11.1. The van der Waals surface area contributed by atoms with Gasteiger partial charge < -0.3 is 15.1 Å². The molecule has 0 spiro atoms. The van der Waals surface area contributed by atoms with Crippen LogP contribution in [0.2, 0.25) is 5.02 Å². The summed E-state index contributed by atoms with van der Waals surface area (Å²) in [5.41, 5.74) is 1.91. The summed E-state index contributed by atoms with van der Waals surface area (Å²) in [4.78, 5) is 22.2. The standard InChI is InChI=1S/C25H27ClN4O/c26-20-7-9-22(10-8-20)29-13-15-30(16-14-29)24-23-17-19(6-5-18(23)11-12-27-24)25(31)28-21-3-1-2-4-21/h5-12,17,21H,1-4,13-16H2,(H,28,31). The van der Waals surface area contributed by atoms with E-state index in [9.17, 15) is 4.79 Å². The highest BCUT2D eigenvalue weighted by atomic mass is 35.5. The van der Waals surface area contributed by atoms with Crippen LogP contribution in [0.3, 0.4) is 0 Å². The van der Waals surface area contributed by atoms with Gasteiger partial charge in [-0.05, 0) is 60.7 Å². The Labute approximate surface area is 188 Å². The molecule has 2 aromatic carbocycles. The van der Waals surface area contributed by atoms with Crippen LogP contribution < -0.4 is 15.1 Å². The van der Waals surface area contributed by atoms with Crippen molar-refractivity contribution in [2.75, 3.05) is 36.0 Å². The summed E-state index contributed by atoms with van der Waals surface area (Å²) in [6.07, 6.45) is 6.45. The summed E-state index contributed by atoms with van der Waals surface area (Å²) in [5, 5.41) is 6.11. The van der Waals surface area contributed by atoms with E-state index in [2.05, 4.69) is 27.2 Å². The summed E-state index contributed by atoms with van der Waals surface area (Å²) >= 11 is 6.03. The van der Waals surface area contributed by atoms with Crippen LogP contribution in [0.5, 0.6) is 0 Å². The number of hydrogen-bond acceptors (Lipinski definition) is 4. The molecule has 1 aliphatic carbocycles. The fourth-order valence-corrected chi connectivity index (χ4v) is 4.84. The lowest BCUT2D eigenvalue weighted by molar-refractivity contribution is 0.0938. The minimum Gasteiger partial charge on any atom is -0.368 e. The Morgan fingerprint density at radius 2 is 1.65 bits per heavy atom. The van der Waals surface area contributed by atoms with Gasteiger partial charge in [0.2, 0.25) is 0 Å². The van der Waals surface area contributed by atoms with Gasteiger partial charge >= 0.3 is 0 Å². The lowest BCUT2D eigenvalue weighted by Gasteiger charge is -2.37. The molecular weight excluding hydrogens is 408 g/mol. The Bertz CT molecular complexity index is 1070. The van der Waals surface area contributed by atoms with Crippen LogP contribution in [-0.2, 0) is 0 Å². The topological polar surface area (TPSA) is 48.5 Å². The molecular formula is C25H27ClN4O. The molecule has 1 N–H and O–H groups in total. The Morgan fingerprint density at radius 1 is 0.935 bits per heavy atom. The first kappa shape index (κ1) is 20.1. The van der Waals surface area contributed by atoms with Gasteiger partial charge in [-0.1, -0.05) is 30.5 Å². The summed E-state index contributed by atoms with van der Waals surface area (Å²) in [5.74, 6) is 0.986. The molecule has 1 aliphatic heterocycles. The summed E-state index contributed by atoms with van der Waals surface area (Å²) in [7, 11) is 0. The van der Waals surface area contributed by atoms with Crippen molar-refractivity contribution in [3.63, 3.8) is 0 Å². The summed E-state index contributed by atoms with van der Waals surface area (Å²) < 4.78 is 0. The van der Waals surface area contributed by atoms with Gasteiger partial charge in [0.15, 0.2) is 0 Å². The van der Waals surface area contributed by atoms with Crippen molar-refractivity contribution in [2.24, 2.45) is 0 Å². The number of amides is 1.